The Morgan fingerprint density at radius 2 is 1.48 bits per heavy atom. The molecule has 0 bridgehead atoms. The molecule has 0 aromatic carbocycles. The molecule has 0 saturated carbocycles. The Hall–Kier alpha value is -1.18. The molecule has 0 radical (unpaired) electrons. The summed E-state index contributed by atoms with van der Waals surface area (Å²) in [7, 11) is 0. The van der Waals surface area contributed by atoms with Gasteiger partial charge in [-0.1, -0.05) is 56.3 Å². The fraction of sp³-hybridized carbons (Fsp3) is 0.684. The van der Waals surface area contributed by atoms with Crippen molar-refractivity contribution in [3.8, 4) is 0 Å². The molecule has 122 valence electrons. The minimum absolute atomic E-state index is 0.756. The summed E-state index contributed by atoms with van der Waals surface area (Å²) in [5.41, 5.74) is 2.49. The molecule has 0 N–H and O–H groups in total. The highest BCUT2D eigenvalue weighted by Gasteiger charge is 1.88. The normalized spacial score (nSPS) is 10.4. The second-order valence-corrected chi connectivity index (χ2v) is 5.69. The third kappa shape index (κ3) is 24.2. The first-order valence-electron chi connectivity index (χ1n) is 8.26. The monoisotopic (exact) mass is 294 g/mol. The van der Waals surface area contributed by atoms with E-state index < -0.39 is 0 Å². The van der Waals surface area contributed by atoms with E-state index in [1.807, 2.05) is 6.92 Å². The van der Waals surface area contributed by atoms with E-state index in [4.69, 9.17) is 0 Å². The summed E-state index contributed by atoms with van der Waals surface area (Å²) in [6.07, 6.45) is 16.1. The van der Waals surface area contributed by atoms with Crippen molar-refractivity contribution in [2.45, 2.75) is 85.5 Å². The number of rotatable bonds is 11. The largest absolute Gasteiger partial charge is 0.303 e. The zero-order valence-electron chi connectivity index (χ0n) is 14.5. The fourth-order valence-electron chi connectivity index (χ4n) is 1.80. The van der Waals surface area contributed by atoms with E-state index >= 15 is 0 Å². The van der Waals surface area contributed by atoms with Crippen molar-refractivity contribution < 1.29 is 9.59 Å². The van der Waals surface area contributed by atoms with Gasteiger partial charge in [-0.15, -0.1) is 0 Å². The van der Waals surface area contributed by atoms with Crippen molar-refractivity contribution in [3.63, 3.8) is 0 Å². The Kier molecular flexibility index (Phi) is 19.8. The zero-order valence-corrected chi connectivity index (χ0v) is 14.5. The van der Waals surface area contributed by atoms with Gasteiger partial charge in [0.05, 0.1) is 0 Å². The van der Waals surface area contributed by atoms with Crippen molar-refractivity contribution in [1.82, 2.24) is 0 Å². The lowest BCUT2D eigenvalue weighted by Gasteiger charge is -1.95. The summed E-state index contributed by atoms with van der Waals surface area (Å²) in [5, 5.41) is 0. The molecule has 0 heterocycles. The molecule has 0 spiro atoms. The molecule has 0 fully saturated rings. The van der Waals surface area contributed by atoms with E-state index in [1.165, 1.54) is 37.7 Å². The number of carbonyl (C=O) groups is 2. The van der Waals surface area contributed by atoms with Crippen LogP contribution in [0.1, 0.15) is 85.5 Å². The van der Waals surface area contributed by atoms with Crippen molar-refractivity contribution >= 4 is 12.6 Å². The Labute approximate surface area is 131 Å². The first-order chi connectivity index (χ1) is 10.1. The molecule has 0 rings (SSSR count). The second-order valence-electron chi connectivity index (χ2n) is 5.69. The molecule has 0 saturated heterocycles. The number of unbranched alkanes of at least 4 members (excludes halogenated alkanes) is 6. The van der Waals surface area contributed by atoms with E-state index in [0.29, 0.717) is 0 Å². The lowest BCUT2D eigenvalue weighted by molar-refractivity contribution is -0.108. The van der Waals surface area contributed by atoms with Crippen LogP contribution < -0.4 is 0 Å². The maximum atomic E-state index is 10.0. The summed E-state index contributed by atoms with van der Waals surface area (Å²) >= 11 is 0. The predicted molar refractivity (Wildman–Crippen MR) is 92.5 cm³/mol. The van der Waals surface area contributed by atoms with Gasteiger partial charge in [-0.05, 0) is 46.1 Å². The first-order valence-corrected chi connectivity index (χ1v) is 8.26. The van der Waals surface area contributed by atoms with Crippen LogP contribution in [0.3, 0.4) is 0 Å². The van der Waals surface area contributed by atoms with Gasteiger partial charge in [0.15, 0.2) is 0 Å². The highest BCUT2D eigenvalue weighted by Crippen LogP contribution is 2.06. The lowest BCUT2D eigenvalue weighted by Crippen LogP contribution is -1.79. The van der Waals surface area contributed by atoms with Crippen LogP contribution in [0.2, 0.25) is 0 Å². The minimum atomic E-state index is 0.756. The molecule has 0 aliphatic carbocycles. The number of aldehydes is 2. The molecular weight excluding hydrogens is 260 g/mol. The average molecular weight is 294 g/mol. The quantitative estimate of drug-likeness (QED) is 0.208. The summed E-state index contributed by atoms with van der Waals surface area (Å²) in [6.45, 7) is 8.36. The van der Waals surface area contributed by atoms with E-state index in [1.54, 1.807) is 6.08 Å². The first kappa shape index (κ1) is 22.1. The van der Waals surface area contributed by atoms with Gasteiger partial charge in [-0.3, -0.25) is 4.79 Å². The van der Waals surface area contributed by atoms with E-state index in [-0.39, 0.29) is 0 Å². The highest BCUT2D eigenvalue weighted by atomic mass is 16.1. The van der Waals surface area contributed by atoms with Gasteiger partial charge >= 0.3 is 0 Å². The van der Waals surface area contributed by atoms with Gasteiger partial charge < -0.3 is 4.79 Å². The van der Waals surface area contributed by atoms with Gasteiger partial charge in [0.2, 0.25) is 0 Å². The maximum absolute atomic E-state index is 10.0. The molecule has 0 unspecified atom stereocenters. The average Bonchev–Trinajstić information content (AvgIpc) is 2.43. The van der Waals surface area contributed by atoms with E-state index in [0.717, 1.165) is 43.8 Å². The van der Waals surface area contributed by atoms with Gasteiger partial charge in [-0.2, -0.15) is 0 Å². The van der Waals surface area contributed by atoms with Crippen LogP contribution in [0, 0.1) is 0 Å². The second kappa shape index (κ2) is 18.8. The summed E-state index contributed by atoms with van der Waals surface area (Å²) in [6, 6.07) is 0. The van der Waals surface area contributed by atoms with Crippen LogP contribution in [0.15, 0.2) is 23.3 Å². The van der Waals surface area contributed by atoms with Crippen molar-refractivity contribution in [1.29, 1.82) is 0 Å². The van der Waals surface area contributed by atoms with Crippen LogP contribution in [0.25, 0.3) is 0 Å². The standard InChI is InChI=1S/C10H16O.C9H18O/c1-9(2)5-4-6-10(3)7-8-11;1-2-3-4-5-6-7-8-9-10/h5,7-8H,4,6H2,1-3H3;9H,2-8H2,1H3/b10-7+;. The summed E-state index contributed by atoms with van der Waals surface area (Å²) < 4.78 is 0. The number of hydrogen-bond donors (Lipinski definition) is 0. The van der Waals surface area contributed by atoms with Gasteiger partial charge in [-0.25, -0.2) is 0 Å². The lowest BCUT2D eigenvalue weighted by atomic mass is 10.1. The molecule has 21 heavy (non-hydrogen) atoms. The third-order valence-corrected chi connectivity index (χ3v) is 3.12. The number of allylic oxidation sites excluding steroid dienone is 4. The smallest absolute Gasteiger partial charge is 0.142 e. The zero-order chi connectivity index (χ0) is 16.3. The summed E-state index contributed by atoms with van der Waals surface area (Å²) in [5.74, 6) is 0. The Morgan fingerprint density at radius 3 is 2.00 bits per heavy atom. The molecule has 0 aromatic rings. The SMILES string of the molecule is CC(C)=CCC/C(C)=C/C=O.CCCCCCCCC=O. The van der Waals surface area contributed by atoms with Gasteiger partial charge in [0, 0.05) is 6.42 Å². The predicted octanol–water partition coefficient (Wildman–Crippen LogP) is 5.81. The molecule has 0 atom stereocenters. The van der Waals surface area contributed by atoms with Crippen LogP contribution in [-0.4, -0.2) is 12.6 Å². The molecule has 0 aliphatic rings. The number of carbonyl (C=O) groups excluding carboxylic acids is 2. The molecule has 0 amide bonds. The Balaban J connectivity index is 0. The third-order valence-electron chi connectivity index (χ3n) is 3.12. The van der Waals surface area contributed by atoms with Crippen LogP contribution in [0.5, 0.6) is 0 Å². The highest BCUT2D eigenvalue weighted by molar-refractivity contribution is 5.65. The summed E-state index contributed by atoms with van der Waals surface area (Å²) in [4.78, 5) is 19.9. The Morgan fingerprint density at radius 1 is 0.857 bits per heavy atom. The molecule has 0 aromatic heterocycles. The van der Waals surface area contributed by atoms with E-state index in [2.05, 4.69) is 26.8 Å². The van der Waals surface area contributed by atoms with Crippen LogP contribution in [-0.2, 0) is 9.59 Å². The molecule has 0 aliphatic heterocycles. The fourth-order valence-corrected chi connectivity index (χ4v) is 1.80. The molecule has 2 nitrogen and oxygen atoms in total. The van der Waals surface area contributed by atoms with Gasteiger partial charge in [0.1, 0.15) is 12.6 Å². The molecular formula is C19H34O2. The van der Waals surface area contributed by atoms with Crippen molar-refractivity contribution in [2.24, 2.45) is 0 Å². The van der Waals surface area contributed by atoms with E-state index in [9.17, 15) is 9.59 Å². The topological polar surface area (TPSA) is 34.1 Å². The van der Waals surface area contributed by atoms with Crippen LogP contribution >= 0.6 is 0 Å². The van der Waals surface area contributed by atoms with Crippen LogP contribution in [0.4, 0.5) is 0 Å². The number of hydrogen-bond acceptors (Lipinski definition) is 2. The molecule has 2 heteroatoms. The van der Waals surface area contributed by atoms with Crippen molar-refractivity contribution in [3.05, 3.63) is 23.3 Å². The van der Waals surface area contributed by atoms with Gasteiger partial charge in [0.25, 0.3) is 0 Å². The minimum Gasteiger partial charge on any atom is -0.303 e. The maximum Gasteiger partial charge on any atom is 0.142 e. The van der Waals surface area contributed by atoms with Crippen molar-refractivity contribution in [2.75, 3.05) is 0 Å². The Bertz CT molecular complexity index is 297.